The van der Waals surface area contributed by atoms with Gasteiger partial charge in [0.05, 0.1) is 16.8 Å². The van der Waals surface area contributed by atoms with Crippen LogP contribution < -0.4 is 0 Å². The van der Waals surface area contributed by atoms with Gasteiger partial charge in [-0.2, -0.15) is 0 Å². The molecule has 0 saturated heterocycles. The van der Waals surface area contributed by atoms with Crippen molar-refractivity contribution in [2.75, 3.05) is 0 Å². The number of hydrogen-bond acceptors (Lipinski definition) is 1. The first-order chi connectivity index (χ1) is 9.58. The highest BCUT2D eigenvalue weighted by atomic mass is 35.5. The number of benzene rings is 1. The van der Waals surface area contributed by atoms with E-state index < -0.39 is 0 Å². The number of aromatic nitrogens is 2. The minimum absolute atomic E-state index is 0.188. The van der Waals surface area contributed by atoms with Crippen LogP contribution >= 0.6 is 11.6 Å². The number of halogens is 2. The zero-order valence-corrected chi connectivity index (χ0v) is 12.0. The van der Waals surface area contributed by atoms with E-state index in [0.29, 0.717) is 0 Å². The largest absolute Gasteiger partial charge is 0.302 e. The lowest BCUT2D eigenvalue weighted by atomic mass is 10.1. The number of hydrogen-bond donors (Lipinski definition) is 0. The van der Waals surface area contributed by atoms with Gasteiger partial charge in [-0.3, -0.25) is 0 Å². The Labute approximate surface area is 121 Å². The number of pyridine rings is 1. The summed E-state index contributed by atoms with van der Waals surface area (Å²) in [6, 6.07) is 10.3. The van der Waals surface area contributed by atoms with Gasteiger partial charge in [0.2, 0.25) is 0 Å². The molecule has 4 heteroatoms. The molecule has 3 aromatic rings. The number of nitrogens with zero attached hydrogens (tertiary/aromatic N) is 2. The third-order valence-electron chi connectivity index (χ3n) is 3.38. The summed E-state index contributed by atoms with van der Waals surface area (Å²) in [5, 5.41) is -0.188. The molecule has 0 aliphatic heterocycles. The summed E-state index contributed by atoms with van der Waals surface area (Å²) in [6.45, 7) is 3.93. The molecule has 0 aliphatic carbocycles. The van der Waals surface area contributed by atoms with Gasteiger partial charge in [0, 0.05) is 11.8 Å². The minimum atomic E-state index is -0.255. The third kappa shape index (κ3) is 2.08. The summed E-state index contributed by atoms with van der Waals surface area (Å²) in [7, 11) is 0. The van der Waals surface area contributed by atoms with Gasteiger partial charge in [-0.25, -0.2) is 9.37 Å². The molecule has 0 fully saturated rings. The number of aryl methyl sites for hydroxylation is 1. The Hall–Kier alpha value is -1.87. The first-order valence-corrected chi connectivity index (χ1v) is 6.89. The number of imidazole rings is 1. The SMILES string of the molecule is Cc1cccn2c(C(C)Cl)c(-c3ccc(F)cc3)nc12. The Bertz CT molecular complexity index is 760. The van der Waals surface area contributed by atoms with E-state index >= 15 is 0 Å². The van der Waals surface area contributed by atoms with Crippen LogP contribution in [0.25, 0.3) is 16.9 Å². The molecular weight excluding hydrogens is 275 g/mol. The topological polar surface area (TPSA) is 17.3 Å². The van der Waals surface area contributed by atoms with E-state index in [9.17, 15) is 4.39 Å². The van der Waals surface area contributed by atoms with Crippen LogP contribution in [0.3, 0.4) is 0 Å². The maximum atomic E-state index is 13.1. The standard InChI is InChI=1S/C16H14ClFN2/c1-10-4-3-9-20-15(11(2)17)14(19-16(10)20)12-5-7-13(18)8-6-12/h3-9,11H,1-2H3. The molecule has 102 valence electrons. The Morgan fingerprint density at radius 1 is 1.20 bits per heavy atom. The van der Waals surface area contributed by atoms with Crippen LogP contribution in [0, 0.1) is 12.7 Å². The molecule has 2 aromatic heterocycles. The van der Waals surface area contributed by atoms with Crippen LogP contribution in [0.15, 0.2) is 42.6 Å². The van der Waals surface area contributed by atoms with Crippen molar-refractivity contribution in [3.05, 3.63) is 59.7 Å². The smallest absolute Gasteiger partial charge is 0.140 e. The van der Waals surface area contributed by atoms with E-state index in [1.165, 1.54) is 12.1 Å². The predicted molar refractivity (Wildman–Crippen MR) is 79.6 cm³/mol. The first kappa shape index (κ1) is 13.1. The maximum Gasteiger partial charge on any atom is 0.140 e. The lowest BCUT2D eigenvalue weighted by molar-refractivity contribution is 0.628. The summed E-state index contributed by atoms with van der Waals surface area (Å²) < 4.78 is 15.1. The van der Waals surface area contributed by atoms with Crippen LogP contribution in [0.2, 0.25) is 0 Å². The Balaban J connectivity index is 2.32. The second-order valence-corrected chi connectivity index (χ2v) is 5.51. The number of alkyl halides is 1. The maximum absolute atomic E-state index is 13.1. The van der Waals surface area contributed by atoms with Gasteiger partial charge >= 0.3 is 0 Å². The van der Waals surface area contributed by atoms with Crippen molar-refractivity contribution in [2.45, 2.75) is 19.2 Å². The molecule has 2 heterocycles. The minimum Gasteiger partial charge on any atom is -0.302 e. The molecule has 3 rings (SSSR count). The zero-order chi connectivity index (χ0) is 14.3. The molecule has 1 unspecified atom stereocenters. The lowest BCUT2D eigenvalue weighted by Gasteiger charge is -2.07. The molecule has 0 amide bonds. The Morgan fingerprint density at radius 3 is 2.55 bits per heavy atom. The monoisotopic (exact) mass is 288 g/mol. The summed E-state index contributed by atoms with van der Waals surface area (Å²) in [5.74, 6) is -0.255. The van der Waals surface area contributed by atoms with Crippen LogP contribution in [-0.4, -0.2) is 9.38 Å². The van der Waals surface area contributed by atoms with E-state index in [1.807, 2.05) is 36.6 Å². The summed E-state index contributed by atoms with van der Waals surface area (Å²) in [6.07, 6.45) is 1.95. The predicted octanol–water partition coefficient (Wildman–Crippen LogP) is 4.75. The number of fused-ring (bicyclic) bond motifs is 1. The van der Waals surface area contributed by atoms with Crippen LogP contribution in [0.5, 0.6) is 0 Å². The molecule has 0 spiro atoms. The second kappa shape index (κ2) is 4.91. The van der Waals surface area contributed by atoms with Gasteiger partial charge in [0.25, 0.3) is 0 Å². The van der Waals surface area contributed by atoms with Gasteiger partial charge in [-0.05, 0) is 49.7 Å². The summed E-state index contributed by atoms with van der Waals surface area (Å²) in [5.41, 5.74) is 4.57. The van der Waals surface area contributed by atoms with E-state index in [0.717, 1.165) is 28.2 Å². The van der Waals surface area contributed by atoms with E-state index in [1.54, 1.807) is 12.1 Å². The van der Waals surface area contributed by atoms with Gasteiger partial charge in [0.1, 0.15) is 11.5 Å². The van der Waals surface area contributed by atoms with E-state index in [2.05, 4.69) is 4.98 Å². The zero-order valence-electron chi connectivity index (χ0n) is 11.3. The quantitative estimate of drug-likeness (QED) is 0.622. The van der Waals surface area contributed by atoms with Crippen molar-refractivity contribution < 1.29 is 4.39 Å². The first-order valence-electron chi connectivity index (χ1n) is 6.45. The van der Waals surface area contributed by atoms with Crippen molar-refractivity contribution in [2.24, 2.45) is 0 Å². The number of rotatable bonds is 2. The van der Waals surface area contributed by atoms with E-state index in [-0.39, 0.29) is 11.2 Å². The van der Waals surface area contributed by atoms with Crippen molar-refractivity contribution in [1.82, 2.24) is 9.38 Å². The molecule has 0 radical (unpaired) electrons. The molecule has 0 N–H and O–H groups in total. The Kier molecular flexibility index (Phi) is 3.22. The molecule has 0 bridgehead atoms. The lowest BCUT2D eigenvalue weighted by Crippen LogP contribution is -1.95. The van der Waals surface area contributed by atoms with E-state index in [4.69, 9.17) is 11.6 Å². The van der Waals surface area contributed by atoms with Crippen molar-refractivity contribution in [3.63, 3.8) is 0 Å². The average molecular weight is 289 g/mol. The molecule has 1 atom stereocenters. The average Bonchev–Trinajstić information content (AvgIpc) is 2.80. The fourth-order valence-electron chi connectivity index (χ4n) is 2.42. The highest BCUT2D eigenvalue weighted by Crippen LogP contribution is 2.32. The highest BCUT2D eigenvalue weighted by Gasteiger charge is 2.18. The highest BCUT2D eigenvalue weighted by molar-refractivity contribution is 6.20. The molecule has 0 aliphatic rings. The van der Waals surface area contributed by atoms with Crippen molar-refractivity contribution >= 4 is 17.2 Å². The van der Waals surface area contributed by atoms with Crippen LogP contribution in [-0.2, 0) is 0 Å². The van der Waals surface area contributed by atoms with Gasteiger partial charge in [-0.15, -0.1) is 11.6 Å². The molecule has 1 aromatic carbocycles. The third-order valence-corrected chi connectivity index (χ3v) is 3.58. The molecular formula is C16H14ClFN2. The molecule has 2 nitrogen and oxygen atoms in total. The molecule has 20 heavy (non-hydrogen) atoms. The van der Waals surface area contributed by atoms with Crippen molar-refractivity contribution in [1.29, 1.82) is 0 Å². The van der Waals surface area contributed by atoms with Gasteiger partial charge in [0.15, 0.2) is 0 Å². The van der Waals surface area contributed by atoms with Crippen molar-refractivity contribution in [3.8, 4) is 11.3 Å². The van der Waals surface area contributed by atoms with Gasteiger partial charge in [-0.1, -0.05) is 6.07 Å². The fraction of sp³-hybridized carbons (Fsp3) is 0.188. The normalized spacial score (nSPS) is 12.8. The fourth-order valence-corrected chi connectivity index (χ4v) is 2.63. The molecule has 0 saturated carbocycles. The summed E-state index contributed by atoms with van der Waals surface area (Å²) >= 11 is 6.33. The van der Waals surface area contributed by atoms with Gasteiger partial charge < -0.3 is 4.40 Å². The Morgan fingerprint density at radius 2 is 1.90 bits per heavy atom. The summed E-state index contributed by atoms with van der Waals surface area (Å²) in [4.78, 5) is 4.69. The van der Waals surface area contributed by atoms with Crippen LogP contribution in [0.4, 0.5) is 4.39 Å². The van der Waals surface area contributed by atoms with Crippen LogP contribution in [0.1, 0.15) is 23.6 Å². The second-order valence-electron chi connectivity index (χ2n) is 4.85.